The van der Waals surface area contributed by atoms with Gasteiger partial charge in [0.15, 0.2) is 0 Å². The van der Waals surface area contributed by atoms with E-state index in [4.69, 9.17) is 10.2 Å². The van der Waals surface area contributed by atoms with E-state index in [2.05, 4.69) is 10.1 Å². The summed E-state index contributed by atoms with van der Waals surface area (Å²) >= 11 is 0. The zero-order valence-corrected chi connectivity index (χ0v) is 6.54. The number of nitrogens with zero attached hydrogens (tertiary/aromatic N) is 3. The topological polar surface area (TPSA) is 105 Å². The highest BCUT2D eigenvalue weighted by atomic mass is 16.4. The predicted octanol–water partition coefficient (Wildman–Crippen LogP) is -0.549. The largest absolute Gasteiger partial charge is 0.481 e. The number of aromatic nitrogens is 3. The summed E-state index contributed by atoms with van der Waals surface area (Å²) in [6, 6.07) is 0. The van der Waals surface area contributed by atoms with Gasteiger partial charge in [-0.1, -0.05) is 0 Å². The van der Waals surface area contributed by atoms with Crippen LogP contribution in [-0.2, 0) is 11.3 Å². The molecule has 0 aliphatic heterocycles. The Hall–Kier alpha value is -1.92. The Kier molecular flexibility index (Phi) is 2.58. The first-order chi connectivity index (χ1) is 6.09. The summed E-state index contributed by atoms with van der Waals surface area (Å²) in [4.78, 5) is 23.9. The van der Waals surface area contributed by atoms with E-state index in [-0.39, 0.29) is 18.8 Å². The fourth-order valence-electron chi connectivity index (χ4n) is 0.711. The molecular formula is C6H7N3O4. The van der Waals surface area contributed by atoms with Crippen LogP contribution in [0.15, 0.2) is 6.33 Å². The van der Waals surface area contributed by atoms with E-state index in [1.54, 1.807) is 0 Å². The molecule has 0 amide bonds. The molecule has 0 radical (unpaired) electrons. The molecule has 1 aromatic rings. The molecule has 13 heavy (non-hydrogen) atoms. The number of hydrogen-bond acceptors (Lipinski definition) is 4. The maximum absolute atomic E-state index is 10.3. The first-order valence-electron chi connectivity index (χ1n) is 3.44. The normalized spacial score (nSPS) is 9.85. The Balaban J connectivity index is 2.59. The van der Waals surface area contributed by atoms with Gasteiger partial charge in [-0.2, -0.15) is 0 Å². The van der Waals surface area contributed by atoms with E-state index in [1.165, 1.54) is 11.0 Å². The van der Waals surface area contributed by atoms with Crippen molar-refractivity contribution in [2.75, 3.05) is 0 Å². The minimum Gasteiger partial charge on any atom is -0.481 e. The molecule has 0 atom stereocenters. The molecule has 0 bridgehead atoms. The maximum Gasteiger partial charge on any atom is 0.375 e. The lowest BCUT2D eigenvalue weighted by Gasteiger charge is -1.94. The van der Waals surface area contributed by atoms with Gasteiger partial charge < -0.3 is 10.2 Å². The standard InChI is InChI=1S/C6H7N3O4/c10-4(11)1-2-9-3-7-5(8-9)6(12)13/h3H,1-2H2,(H,10,11)(H,12,13). The summed E-state index contributed by atoms with van der Waals surface area (Å²) in [5, 5.41) is 20.3. The summed E-state index contributed by atoms with van der Waals surface area (Å²) in [5.74, 6) is -2.52. The molecule has 0 saturated heterocycles. The number of aliphatic carboxylic acids is 1. The van der Waals surface area contributed by atoms with E-state index in [0.29, 0.717) is 0 Å². The highest BCUT2D eigenvalue weighted by Crippen LogP contribution is 1.92. The third-order valence-corrected chi connectivity index (χ3v) is 1.28. The molecule has 0 aliphatic rings. The fraction of sp³-hybridized carbons (Fsp3) is 0.333. The number of aryl methyl sites for hydroxylation is 1. The molecule has 7 nitrogen and oxygen atoms in total. The van der Waals surface area contributed by atoms with Crippen LogP contribution in [0, 0.1) is 0 Å². The van der Waals surface area contributed by atoms with E-state index in [0.717, 1.165) is 0 Å². The maximum atomic E-state index is 10.3. The molecule has 0 fully saturated rings. The van der Waals surface area contributed by atoms with E-state index < -0.39 is 11.9 Å². The van der Waals surface area contributed by atoms with Crippen LogP contribution in [0.1, 0.15) is 17.0 Å². The Morgan fingerprint density at radius 1 is 1.46 bits per heavy atom. The fourth-order valence-corrected chi connectivity index (χ4v) is 0.711. The van der Waals surface area contributed by atoms with Crippen LogP contribution in [-0.4, -0.2) is 36.9 Å². The number of rotatable bonds is 4. The first-order valence-corrected chi connectivity index (χ1v) is 3.44. The van der Waals surface area contributed by atoms with Gasteiger partial charge in [0, 0.05) is 0 Å². The van der Waals surface area contributed by atoms with Crippen LogP contribution in [0.4, 0.5) is 0 Å². The lowest BCUT2D eigenvalue weighted by atomic mass is 10.4. The molecule has 0 unspecified atom stereocenters. The van der Waals surface area contributed by atoms with Gasteiger partial charge in [-0.25, -0.2) is 9.78 Å². The summed E-state index contributed by atoms with van der Waals surface area (Å²) < 4.78 is 1.18. The average Bonchev–Trinajstić information content (AvgIpc) is 2.48. The van der Waals surface area contributed by atoms with Gasteiger partial charge in [0.25, 0.3) is 5.82 Å². The summed E-state index contributed by atoms with van der Waals surface area (Å²) in [6.07, 6.45) is 1.08. The monoisotopic (exact) mass is 185 g/mol. The second-order valence-electron chi connectivity index (χ2n) is 2.28. The van der Waals surface area contributed by atoms with Gasteiger partial charge in [-0.15, -0.1) is 5.10 Å². The zero-order valence-electron chi connectivity index (χ0n) is 6.54. The second-order valence-corrected chi connectivity index (χ2v) is 2.28. The van der Waals surface area contributed by atoms with Crippen molar-refractivity contribution in [3.05, 3.63) is 12.2 Å². The van der Waals surface area contributed by atoms with Gasteiger partial charge >= 0.3 is 11.9 Å². The SMILES string of the molecule is O=C(O)CCn1cnc(C(=O)O)n1. The molecule has 0 aromatic carbocycles. The van der Waals surface area contributed by atoms with Crippen molar-refractivity contribution in [2.24, 2.45) is 0 Å². The Bertz CT molecular complexity index is 332. The van der Waals surface area contributed by atoms with Crippen LogP contribution >= 0.6 is 0 Å². The van der Waals surface area contributed by atoms with Gasteiger partial charge in [0.1, 0.15) is 6.33 Å². The van der Waals surface area contributed by atoms with Gasteiger partial charge in [0.2, 0.25) is 0 Å². The highest BCUT2D eigenvalue weighted by Gasteiger charge is 2.08. The van der Waals surface area contributed by atoms with Gasteiger partial charge in [-0.05, 0) is 0 Å². The molecule has 70 valence electrons. The molecule has 1 heterocycles. The number of carboxylic acids is 2. The smallest absolute Gasteiger partial charge is 0.375 e. The van der Waals surface area contributed by atoms with Gasteiger partial charge in [-0.3, -0.25) is 9.48 Å². The van der Waals surface area contributed by atoms with Crippen LogP contribution in [0.3, 0.4) is 0 Å². The number of hydrogen-bond donors (Lipinski definition) is 2. The number of carboxylic acid groups (broad SMARTS) is 2. The molecule has 2 N–H and O–H groups in total. The third-order valence-electron chi connectivity index (χ3n) is 1.28. The van der Waals surface area contributed by atoms with Crippen LogP contribution in [0.25, 0.3) is 0 Å². The Morgan fingerprint density at radius 3 is 2.62 bits per heavy atom. The third kappa shape index (κ3) is 2.55. The molecule has 0 spiro atoms. The zero-order chi connectivity index (χ0) is 9.84. The molecular weight excluding hydrogens is 178 g/mol. The van der Waals surface area contributed by atoms with Crippen LogP contribution in [0.5, 0.6) is 0 Å². The summed E-state index contributed by atoms with van der Waals surface area (Å²) in [5.41, 5.74) is 0. The highest BCUT2D eigenvalue weighted by molar-refractivity contribution is 5.82. The molecule has 7 heteroatoms. The summed E-state index contributed by atoms with van der Waals surface area (Å²) in [6.45, 7) is 0.121. The van der Waals surface area contributed by atoms with Crippen molar-refractivity contribution < 1.29 is 19.8 Å². The predicted molar refractivity (Wildman–Crippen MR) is 39.2 cm³/mol. The Labute approximate surface area is 72.6 Å². The quantitative estimate of drug-likeness (QED) is 0.652. The van der Waals surface area contributed by atoms with Crippen molar-refractivity contribution in [2.45, 2.75) is 13.0 Å². The summed E-state index contributed by atoms with van der Waals surface area (Å²) in [7, 11) is 0. The molecule has 0 aliphatic carbocycles. The van der Waals surface area contributed by atoms with Crippen LogP contribution in [0.2, 0.25) is 0 Å². The molecule has 1 aromatic heterocycles. The minimum absolute atomic E-state index is 0.109. The Morgan fingerprint density at radius 2 is 2.15 bits per heavy atom. The number of carbonyl (C=O) groups is 2. The lowest BCUT2D eigenvalue weighted by Crippen LogP contribution is -2.06. The van der Waals surface area contributed by atoms with Crippen molar-refractivity contribution in [3.63, 3.8) is 0 Å². The molecule has 0 saturated carbocycles. The average molecular weight is 185 g/mol. The van der Waals surface area contributed by atoms with Crippen molar-refractivity contribution in [3.8, 4) is 0 Å². The van der Waals surface area contributed by atoms with Crippen molar-refractivity contribution in [1.29, 1.82) is 0 Å². The van der Waals surface area contributed by atoms with E-state index in [1.807, 2.05) is 0 Å². The number of aromatic carboxylic acids is 1. The molecule has 1 rings (SSSR count). The lowest BCUT2D eigenvalue weighted by molar-refractivity contribution is -0.137. The van der Waals surface area contributed by atoms with Gasteiger partial charge in [0.05, 0.1) is 13.0 Å². The van der Waals surface area contributed by atoms with E-state index >= 15 is 0 Å². The minimum atomic E-state index is -1.23. The van der Waals surface area contributed by atoms with Crippen molar-refractivity contribution in [1.82, 2.24) is 14.8 Å². The van der Waals surface area contributed by atoms with E-state index in [9.17, 15) is 9.59 Å². The second kappa shape index (κ2) is 3.65. The van der Waals surface area contributed by atoms with Crippen molar-refractivity contribution >= 4 is 11.9 Å². The first kappa shape index (κ1) is 9.17. The van der Waals surface area contributed by atoms with Crippen LogP contribution < -0.4 is 0 Å².